The van der Waals surface area contributed by atoms with Crippen molar-refractivity contribution in [3.05, 3.63) is 76.3 Å². The maximum atomic E-state index is 5.24. The predicted molar refractivity (Wildman–Crippen MR) is 93.1 cm³/mol. The van der Waals surface area contributed by atoms with E-state index in [4.69, 9.17) is 4.74 Å². The summed E-state index contributed by atoms with van der Waals surface area (Å²) in [5.74, 6) is 0.908. The van der Waals surface area contributed by atoms with Crippen molar-refractivity contribution in [2.45, 2.75) is 27.2 Å². The second-order valence-corrected chi connectivity index (χ2v) is 6.07. The smallest absolute Gasteiger partial charge is 0.118 e. The highest BCUT2D eigenvalue weighted by molar-refractivity contribution is 5.77. The Hall–Kier alpha value is -2.28. The number of hydrogen-bond donors (Lipinski definition) is 0. The van der Waals surface area contributed by atoms with Gasteiger partial charge in [-0.3, -0.25) is 0 Å². The largest absolute Gasteiger partial charge is 0.497 e. The molecular weight excluding hydrogens is 268 g/mol. The van der Waals surface area contributed by atoms with Crippen LogP contribution in [0.2, 0.25) is 0 Å². The molecule has 0 spiro atoms. The lowest BCUT2D eigenvalue weighted by molar-refractivity contribution is 0.414. The standard InChI is InChI=1S/C21H22O/c1-14-11-15(2)20-10-7-18(21(20)16(3)12-14)13-17-5-8-19(22-4)9-6-17/h5-12H,13H2,1-4H3. The normalized spacial score (nSPS) is 10.9. The summed E-state index contributed by atoms with van der Waals surface area (Å²) in [5.41, 5.74) is 9.51. The summed E-state index contributed by atoms with van der Waals surface area (Å²) in [5, 5.41) is 0. The Kier molecular flexibility index (Phi) is 3.89. The SMILES string of the molecule is COc1ccc(Cc2ccc3c(C)cc(C)cc(C)c2-3)cc1. The monoisotopic (exact) mass is 290 g/mol. The first-order valence-electron chi connectivity index (χ1n) is 7.71. The van der Waals surface area contributed by atoms with Crippen LogP contribution in [0.4, 0.5) is 0 Å². The van der Waals surface area contributed by atoms with Crippen LogP contribution in [0.3, 0.4) is 0 Å². The number of benzene rings is 1. The highest BCUT2D eigenvalue weighted by atomic mass is 16.5. The molecule has 0 aromatic heterocycles. The lowest BCUT2D eigenvalue weighted by atomic mass is 9.97. The van der Waals surface area contributed by atoms with Gasteiger partial charge in [0.15, 0.2) is 0 Å². The van der Waals surface area contributed by atoms with E-state index in [2.05, 4.69) is 57.2 Å². The van der Waals surface area contributed by atoms with Crippen molar-refractivity contribution in [1.29, 1.82) is 0 Å². The van der Waals surface area contributed by atoms with Gasteiger partial charge in [0.05, 0.1) is 7.11 Å². The van der Waals surface area contributed by atoms with Gasteiger partial charge in [-0.15, -0.1) is 0 Å². The molecule has 3 rings (SSSR count). The van der Waals surface area contributed by atoms with Crippen molar-refractivity contribution in [2.24, 2.45) is 0 Å². The minimum Gasteiger partial charge on any atom is -0.497 e. The van der Waals surface area contributed by atoms with Crippen LogP contribution < -0.4 is 4.74 Å². The third-order valence-corrected chi connectivity index (χ3v) is 4.30. The zero-order valence-electron chi connectivity index (χ0n) is 13.7. The van der Waals surface area contributed by atoms with Crippen LogP contribution in [0.15, 0.2) is 48.5 Å². The summed E-state index contributed by atoms with van der Waals surface area (Å²) < 4.78 is 5.24. The Morgan fingerprint density at radius 1 is 0.818 bits per heavy atom. The maximum absolute atomic E-state index is 5.24. The van der Waals surface area contributed by atoms with Gasteiger partial charge in [-0.25, -0.2) is 0 Å². The molecule has 112 valence electrons. The Balaban J connectivity index is 2.02. The highest BCUT2D eigenvalue weighted by Gasteiger charge is 2.14. The molecule has 2 aliphatic rings. The Morgan fingerprint density at radius 3 is 2.18 bits per heavy atom. The van der Waals surface area contributed by atoms with Gasteiger partial charge < -0.3 is 4.74 Å². The van der Waals surface area contributed by atoms with Gasteiger partial charge in [-0.1, -0.05) is 42.0 Å². The summed E-state index contributed by atoms with van der Waals surface area (Å²) in [7, 11) is 1.70. The van der Waals surface area contributed by atoms with Crippen LogP contribution in [0.25, 0.3) is 11.1 Å². The quantitative estimate of drug-likeness (QED) is 0.634. The molecule has 0 amide bonds. The third kappa shape index (κ3) is 2.71. The van der Waals surface area contributed by atoms with E-state index in [1.807, 2.05) is 12.1 Å². The van der Waals surface area contributed by atoms with Crippen molar-refractivity contribution < 1.29 is 4.74 Å². The fraction of sp³-hybridized carbons (Fsp3) is 0.238. The second-order valence-electron chi connectivity index (χ2n) is 6.07. The molecule has 0 radical (unpaired) electrons. The van der Waals surface area contributed by atoms with Crippen molar-refractivity contribution in [2.75, 3.05) is 7.11 Å². The van der Waals surface area contributed by atoms with Gasteiger partial charge in [0.2, 0.25) is 0 Å². The van der Waals surface area contributed by atoms with E-state index in [9.17, 15) is 0 Å². The predicted octanol–water partition coefficient (Wildman–Crippen LogP) is 5.32. The molecule has 0 unspecified atom stereocenters. The van der Waals surface area contributed by atoms with Crippen molar-refractivity contribution >= 4 is 0 Å². The van der Waals surface area contributed by atoms with Gasteiger partial charge in [0.1, 0.15) is 5.75 Å². The average molecular weight is 290 g/mol. The van der Waals surface area contributed by atoms with Crippen LogP contribution >= 0.6 is 0 Å². The van der Waals surface area contributed by atoms with E-state index in [1.54, 1.807) is 7.11 Å². The molecular formula is C21H22O. The molecule has 0 fully saturated rings. The minimum absolute atomic E-state index is 0.908. The zero-order valence-corrected chi connectivity index (χ0v) is 13.7. The number of ether oxygens (including phenoxy) is 1. The molecule has 1 heteroatoms. The van der Waals surface area contributed by atoms with Crippen LogP contribution in [0.5, 0.6) is 5.75 Å². The van der Waals surface area contributed by atoms with Gasteiger partial charge in [-0.05, 0) is 72.7 Å². The summed E-state index contributed by atoms with van der Waals surface area (Å²) >= 11 is 0. The van der Waals surface area contributed by atoms with E-state index in [0.717, 1.165) is 12.2 Å². The lowest BCUT2D eigenvalue weighted by Gasteiger charge is -2.07. The number of methoxy groups -OCH3 is 1. The van der Waals surface area contributed by atoms with E-state index in [0.29, 0.717) is 0 Å². The topological polar surface area (TPSA) is 9.23 Å². The molecule has 1 aromatic carbocycles. The van der Waals surface area contributed by atoms with Gasteiger partial charge in [-0.2, -0.15) is 0 Å². The molecule has 2 aliphatic carbocycles. The van der Waals surface area contributed by atoms with E-state index in [1.165, 1.54) is 38.9 Å². The first-order chi connectivity index (χ1) is 10.6. The number of fused-ring (bicyclic) bond motifs is 1. The Labute approximate surface area is 132 Å². The molecule has 0 heterocycles. The molecule has 22 heavy (non-hydrogen) atoms. The molecule has 0 bridgehead atoms. The first-order valence-corrected chi connectivity index (χ1v) is 7.71. The number of rotatable bonds is 3. The molecule has 0 aliphatic heterocycles. The van der Waals surface area contributed by atoms with Crippen molar-refractivity contribution in [3.63, 3.8) is 0 Å². The van der Waals surface area contributed by atoms with Crippen LogP contribution in [0.1, 0.15) is 27.8 Å². The van der Waals surface area contributed by atoms with Gasteiger partial charge >= 0.3 is 0 Å². The molecule has 0 atom stereocenters. The van der Waals surface area contributed by atoms with Gasteiger partial charge in [0, 0.05) is 0 Å². The summed E-state index contributed by atoms with van der Waals surface area (Å²) in [6, 6.07) is 17.4. The van der Waals surface area contributed by atoms with Crippen molar-refractivity contribution in [1.82, 2.24) is 0 Å². The molecule has 0 N–H and O–H groups in total. The van der Waals surface area contributed by atoms with E-state index >= 15 is 0 Å². The van der Waals surface area contributed by atoms with Crippen LogP contribution in [-0.4, -0.2) is 7.11 Å². The van der Waals surface area contributed by atoms with Gasteiger partial charge in [0.25, 0.3) is 0 Å². The lowest BCUT2D eigenvalue weighted by Crippen LogP contribution is -1.90. The molecule has 1 aromatic rings. The molecule has 0 saturated heterocycles. The third-order valence-electron chi connectivity index (χ3n) is 4.30. The first kappa shape index (κ1) is 14.6. The Morgan fingerprint density at radius 2 is 1.50 bits per heavy atom. The average Bonchev–Trinajstić information content (AvgIpc) is 2.87. The summed E-state index contributed by atoms with van der Waals surface area (Å²) in [4.78, 5) is 0. The van der Waals surface area contributed by atoms with Crippen LogP contribution in [-0.2, 0) is 6.42 Å². The summed E-state index contributed by atoms with van der Waals surface area (Å²) in [6.45, 7) is 6.58. The fourth-order valence-electron chi connectivity index (χ4n) is 3.30. The van der Waals surface area contributed by atoms with Crippen LogP contribution in [0, 0.1) is 20.8 Å². The number of hydrogen-bond acceptors (Lipinski definition) is 1. The van der Waals surface area contributed by atoms with E-state index in [-0.39, 0.29) is 0 Å². The maximum Gasteiger partial charge on any atom is 0.118 e. The minimum atomic E-state index is 0.908. The van der Waals surface area contributed by atoms with E-state index < -0.39 is 0 Å². The summed E-state index contributed by atoms with van der Waals surface area (Å²) in [6.07, 6.45) is 0.955. The Bertz CT molecular complexity index is 769. The molecule has 1 nitrogen and oxygen atoms in total. The highest BCUT2D eigenvalue weighted by Crippen LogP contribution is 2.35. The fourth-order valence-corrected chi connectivity index (χ4v) is 3.30. The van der Waals surface area contributed by atoms with Crippen molar-refractivity contribution in [3.8, 4) is 16.9 Å². The molecule has 0 saturated carbocycles. The number of aryl methyl sites for hydroxylation is 3. The zero-order chi connectivity index (χ0) is 15.7. The second kappa shape index (κ2) is 5.84.